The van der Waals surface area contributed by atoms with Crippen LogP contribution in [0.25, 0.3) is 0 Å². The Morgan fingerprint density at radius 2 is 2.04 bits per heavy atom. The van der Waals surface area contributed by atoms with E-state index in [0.717, 1.165) is 12.8 Å². The number of ether oxygens (including phenoxy) is 1. The van der Waals surface area contributed by atoms with Crippen molar-refractivity contribution in [1.82, 2.24) is 10.3 Å². The van der Waals surface area contributed by atoms with E-state index in [9.17, 15) is 8.42 Å². The van der Waals surface area contributed by atoms with E-state index in [0.29, 0.717) is 28.7 Å². The van der Waals surface area contributed by atoms with Crippen molar-refractivity contribution < 1.29 is 13.2 Å². The number of sulfonamides is 1. The summed E-state index contributed by atoms with van der Waals surface area (Å²) >= 11 is 7.60. The molecule has 2 bridgehead atoms. The maximum atomic E-state index is 12.4. The minimum absolute atomic E-state index is 0.0863. The SMILES string of the molecule is O=S(=O)(Nc1cscn1)c1ccc(O[C@@H]2C[C@H]3CC[C@@H](C2)N3)c(Cl)c1. The molecular weight excluding hydrogens is 382 g/mol. The van der Waals surface area contributed by atoms with E-state index in [4.69, 9.17) is 16.3 Å². The molecule has 0 amide bonds. The normalized spacial score (nSPS) is 25.7. The van der Waals surface area contributed by atoms with Crippen molar-refractivity contribution in [2.24, 2.45) is 0 Å². The van der Waals surface area contributed by atoms with E-state index >= 15 is 0 Å². The van der Waals surface area contributed by atoms with Gasteiger partial charge in [0.2, 0.25) is 0 Å². The van der Waals surface area contributed by atoms with Gasteiger partial charge in [-0.05, 0) is 43.9 Å². The molecular formula is C16H18ClN3O3S2. The minimum atomic E-state index is -3.72. The Hall–Kier alpha value is -1.35. The number of nitrogens with one attached hydrogen (secondary N) is 2. The Bertz CT molecular complexity index is 846. The number of halogens is 1. The van der Waals surface area contributed by atoms with Crippen LogP contribution in [0.4, 0.5) is 5.82 Å². The van der Waals surface area contributed by atoms with Crippen molar-refractivity contribution in [2.45, 2.75) is 48.8 Å². The fraction of sp³-hybridized carbons (Fsp3) is 0.438. The molecule has 0 unspecified atom stereocenters. The van der Waals surface area contributed by atoms with E-state index in [1.807, 2.05) is 0 Å². The highest BCUT2D eigenvalue weighted by molar-refractivity contribution is 7.92. The lowest BCUT2D eigenvalue weighted by Gasteiger charge is -2.29. The second kappa shape index (κ2) is 6.75. The monoisotopic (exact) mass is 399 g/mol. The number of thiazole rings is 1. The van der Waals surface area contributed by atoms with E-state index in [1.54, 1.807) is 17.0 Å². The lowest BCUT2D eigenvalue weighted by atomic mass is 10.0. The van der Waals surface area contributed by atoms with Crippen molar-refractivity contribution in [2.75, 3.05) is 4.72 Å². The van der Waals surface area contributed by atoms with Crippen LogP contribution in [0.3, 0.4) is 0 Å². The molecule has 134 valence electrons. The molecule has 2 N–H and O–H groups in total. The van der Waals surface area contributed by atoms with Gasteiger partial charge in [-0.3, -0.25) is 4.72 Å². The van der Waals surface area contributed by atoms with E-state index in [1.165, 1.54) is 36.3 Å². The second-order valence-corrected chi connectivity index (χ2v) is 9.23. The lowest BCUT2D eigenvalue weighted by Crippen LogP contribution is -2.42. The van der Waals surface area contributed by atoms with Gasteiger partial charge < -0.3 is 10.1 Å². The molecule has 1 aromatic carbocycles. The second-order valence-electron chi connectivity index (χ2n) is 6.42. The van der Waals surface area contributed by atoms with E-state index in [-0.39, 0.29) is 11.0 Å². The van der Waals surface area contributed by atoms with Gasteiger partial charge in [0.05, 0.1) is 15.4 Å². The Kier molecular flexibility index (Phi) is 4.61. The average molecular weight is 400 g/mol. The predicted molar refractivity (Wildman–Crippen MR) is 98.0 cm³/mol. The van der Waals surface area contributed by atoms with Gasteiger partial charge in [-0.2, -0.15) is 0 Å². The maximum absolute atomic E-state index is 12.4. The fourth-order valence-electron chi connectivity index (χ4n) is 3.48. The summed E-state index contributed by atoms with van der Waals surface area (Å²) < 4.78 is 33.3. The van der Waals surface area contributed by atoms with E-state index in [2.05, 4.69) is 15.0 Å². The quantitative estimate of drug-likeness (QED) is 0.806. The zero-order valence-corrected chi connectivity index (χ0v) is 15.7. The van der Waals surface area contributed by atoms with Crippen LogP contribution in [0.2, 0.25) is 5.02 Å². The molecule has 0 saturated carbocycles. The predicted octanol–water partition coefficient (Wildman–Crippen LogP) is 3.26. The van der Waals surface area contributed by atoms with Gasteiger partial charge in [0.25, 0.3) is 10.0 Å². The molecule has 2 aliphatic heterocycles. The molecule has 2 fully saturated rings. The number of nitrogens with zero attached hydrogens (tertiary/aromatic N) is 1. The first-order valence-electron chi connectivity index (χ1n) is 8.13. The lowest BCUT2D eigenvalue weighted by molar-refractivity contribution is 0.137. The largest absolute Gasteiger partial charge is 0.489 e. The number of benzene rings is 1. The van der Waals surface area contributed by atoms with Crippen LogP contribution in [0.1, 0.15) is 25.7 Å². The Morgan fingerprint density at radius 3 is 2.68 bits per heavy atom. The van der Waals surface area contributed by atoms with Gasteiger partial charge in [0.15, 0.2) is 5.82 Å². The Labute approximate surface area is 155 Å². The summed E-state index contributed by atoms with van der Waals surface area (Å²) in [4.78, 5) is 4.02. The molecule has 4 rings (SSSR count). The van der Waals surface area contributed by atoms with Gasteiger partial charge in [-0.1, -0.05) is 11.6 Å². The van der Waals surface area contributed by atoms with Crippen molar-refractivity contribution in [3.8, 4) is 5.75 Å². The zero-order chi connectivity index (χ0) is 17.4. The highest BCUT2D eigenvalue weighted by atomic mass is 35.5. The van der Waals surface area contributed by atoms with Crippen LogP contribution >= 0.6 is 22.9 Å². The molecule has 9 heteroatoms. The van der Waals surface area contributed by atoms with Gasteiger partial charge in [-0.15, -0.1) is 11.3 Å². The molecule has 1 aromatic heterocycles. The van der Waals surface area contributed by atoms with Crippen LogP contribution in [-0.4, -0.2) is 31.6 Å². The summed E-state index contributed by atoms with van der Waals surface area (Å²) in [6, 6.07) is 5.59. The third-order valence-electron chi connectivity index (χ3n) is 4.61. The van der Waals surface area contributed by atoms with Gasteiger partial charge in [0, 0.05) is 17.5 Å². The van der Waals surface area contributed by atoms with Crippen LogP contribution in [-0.2, 0) is 10.0 Å². The van der Waals surface area contributed by atoms with Gasteiger partial charge in [0.1, 0.15) is 11.9 Å². The summed E-state index contributed by atoms with van der Waals surface area (Å²) in [6.07, 6.45) is 4.42. The summed E-state index contributed by atoms with van der Waals surface area (Å²) in [6.45, 7) is 0. The number of piperidine rings is 1. The molecule has 6 nitrogen and oxygen atoms in total. The first-order valence-corrected chi connectivity index (χ1v) is 10.9. The van der Waals surface area contributed by atoms with E-state index < -0.39 is 10.0 Å². The third kappa shape index (κ3) is 3.76. The smallest absolute Gasteiger partial charge is 0.263 e. The number of aromatic nitrogens is 1. The standard InChI is InChI=1S/C16H18ClN3O3S2/c17-14-7-13(25(21,22)20-16-8-24-9-18-16)3-4-15(14)23-12-5-10-1-2-11(6-12)19-10/h3-4,7-12,19-20H,1-2,5-6H2/t10-,11+,12-. The summed E-state index contributed by atoms with van der Waals surface area (Å²) in [5, 5.41) is 5.49. The summed E-state index contributed by atoms with van der Waals surface area (Å²) in [5.74, 6) is 0.826. The van der Waals surface area contributed by atoms with Crippen molar-refractivity contribution in [1.29, 1.82) is 0 Å². The van der Waals surface area contributed by atoms with Crippen LogP contribution in [0.15, 0.2) is 34.0 Å². The highest BCUT2D eigenvalue weighted by Crippen LogP contribution is 2.33. The number of rotatable bonds is 5. The first-order chi connectivity index (χ1) is 12.0. The minimum Gasteiger partial charge on any atom is -0.489 e. The molecule has 0 aliphatic carbocycles. The molecule has 3 atom stereocenters. The Morgan fingerprint density at radius 1 is 1.28 bits per heavy atom. The fourth-order valence-corrected chi connectivity index (χ4v) is 5.36. The molecule has 25 heavy (non-hydrogen) atoms. The Balaban J connectivity index is 1.49. The van der Waals surface area contributed by atoms with Crippen molar-refractivity contribution in [3.63, 3.8) is 0 Å². The van der Waals surface area contributed by atoms with Crippen molar-refractivity contribution in [3.05, 3.63) is 34.1 Å². The molecule has 2 aliphatic rings. The summed E-state index contributed by atoms with van der Waals surface area (Å²) in [5.41, 5.74) is 1.56. The van der Waals surface area contributed by atoms with Crippen LogP contribution < -0.4 is 14.8 Å². The van der Waals surface area contributed by atoms with Crippen LogP contribution in [0.5, 0.6) is 5.75 Å². The molecule has 0 spiro atoms. The van der Waals surface area contributed by atoms with Crippen molar-refractivity contribution >= 4 is 38.8 Å². The number of hydrogen-bond acceptors (Lipinski definition) is 6. The molecule has 0 radical (unpaired) electrons. The average Bonchev–Trinajstić information content (AvgIpc) is 3.18. The molecule has 3 heterocycles. The van der Waals surface area contributed by atoms with Crippen LogP contribution in [0, 0.1) is 0 Å². The highest BCUT2D eigenvalue weighted by Gasteiger charge is 2.34. The number of hydrogen-bond donors (Lipinski definition) is 2. The summed E-state index contributed by atoms with van der Waals surface area (Å²) in [7, 11) is -3.72. The van der Waals surface area contributed by atoms with Gasteiger partial charge >= 0.3 is 0 Å². The topological polar surface area (TPSA) is 80.3 Å². The number of anilines is 1. The maximum Gasteiger partial charge on any atom is 0.263 e. The number of fused-ring (bicyclic) bond motifs is 2. The molecule has 2 aromatic rings. The first kappa shape index (κ1) is 17.1. The molecule has 2 saturated heterocycles. The third-order valence-corrected chi connectivity index (χ3v) is 6.84. The zero-order valence-electron chi connectivity index (χ0n) is 13.3. The van der Waals surface area contributed by atoms with Gasteiger partial charge in [-0.25, -0.2) is 13.4 Å².